The number of alkyl halides is 3. The van der Waals surface area contributed by atoms with Gasteiger partial charge in [0.1, 0.15) is 17.4 Å². The van der Waals surface area contributed by atoms with Crippen LogP contribution in [-0.4, -0.2) is 51.3 Å². The second-order valence-corrected chi connectivity index (χ2v) is 8.51. The number of ether oxygens (including phenoxy) is 3. The van der Waals surface area contributed by atoms with Crippen molar-refractivity contribution in [2.24, 2.45) is 0 Å². The van der Waals surface area contributed by atoms with Crippen molar-refractivity contribution in [2.75, 3.05) is 30.5 Å². The molecular weight excluding hydrogens is 501 g/mol. The lowest BCUT2D eigenvalue weighted by atomic mass is 10.2. The summed E-state index contributed by atoms with van der Waals surface area (Å²) >= 11 is 0.920. The molecule has 4 rings (SSSR count). The van der Waals surface area contributed by atoms with Gasteiger partial charge in [-0.1, -0.05) is 0 Å². The van der Waals surface area contributed by atoms with Crippen molar-refractivity contribution >= 4 is 33.9 Å². The summed E-state index contributed by atoms with van der Waals surface area (Å²) in [6.45, 7) is 2.98. The zero-order valence-electron chi connectivity index (χ0n) is 19.2. The Kier molecular flexibility index (Phi) is 8.28. The van der Waals surface area contributed by atoms with Crippen LogP contribution in [0.1, 0.15) is 41.0 Å². The maximum atomic E-state index is 12.9. The Morgan fingerprint density at radius 3 is 2.81 bits per heavy atom. The molecule has 4 heterocycles. The molecule has 1 saturated heterocycles. The van der Waals surface area contributed by atoms with Crippen molar-refractivity contribution in [1.82, 2.24) is 19.3 Å². The summed E-state index contributed by atoms with van der Waals surface area (Å²) in [6.07, 6.45) is 1.34. The van der Waals surface area contributed by atoms with E-state index in [4.69, 9.17) is 14.2 Å². The molecule has 1 aliphatic heterocycles. The third-order valence-electron chi connectivity index (χ3n) is 5.03. The molecule has 0 radical (unpaired) electrons. The molecule has 14 heteroatoms. The SMILES string of the molecule is Cc1nsc(Nc2cncc(C(F)(F)F)n2)c1C(=O)Nc1ccc(OCCOC2CCCCO2)nc1. The number of hydrogen-bond acceptors (Lipinski definition) is 10. The Hall–Kier alpha value is -3.36. The summed E-state index contributed by atoms with van der Waals surface area (Å²) in [5.74, 6) is -0.315. The molecule has 1 unspecified atom stereocenters. The molecule has 192 valence electrons. The van der Waals surface area contributed by atoms with Crippen LogP contribution >= 0.6 is 11.5 Å². The smallest absolute Gasteiger partial charge is 0.434 e. The molecule has 2 N–H and O–H groups in total. The Bertz CT molecular complexity index is 1170. The van der Waals surface area contributed by atoms with Gasteiger partial charge in [0, 0.05) is 12.7 Å². The van der Waals surface area contributed by atoms with E-state index in [2.05, 4.69) is 30.0 Å². The monoisotopic (exact) mass is 524 g/mol. The van der Waals surface area contributed by atoms with Gasteiger partial charge in [0.25, 0.3) is 5.91 Å². The maximum absolute atomic E-state index is 12.9. The summed E-state index contributed by atoms with van der Waals surface area (Å²) in [5.41, 5.74) is -0.187. The number of carbonyl (C=O) groups is 1. The number of rotatable bonds is 9. The number of halogens is 3. The lowest BCUT2D eigenvalue weighted by molar-refractivity contribution is -0.165. The zero-order chi connectivity index (χ0) is 25.5. The van der Waals surface area contributed by atoms with E-state index in [0.29, 0.717) is 43.3 Å². The van der Waals surface area contributed by atoms with E-state index in [0.717, 1.165) is 37.0 Å². The third-order valence-corrected chi connectivity index (χ3v) is 5.88. The van der Waals surface area contributed by atoms with E-state index >= 15 is 0 Å². The summed E-state index contributed by atoms with van der Waals surface area (Å²) in [7, 11) is 0. The van der Waals surface area contributed by atoms with Gasteiger partial charge in [-0.25, -0.2) is 9.97 Å². The number of hydrogen-bond donors (Lipinski definition) is 2. The van der Waals surface area contributed by atoms with Gasteiger partial charge in [0.15, 0.2) is 12.0 Å². The van der Waals surface area contributed by atoms with Gasteiger partial charge >= 0.3 is 6.18 Å². The van der Waals surface area contributed by atoms with E-state index in [-0.39, 0.29) is 22.7 Å². The second kappa shape index (κ2) is 11.6. The van der Waals surface area contributed by atoms with Crippen LogP contribution in [-0.2, 0) is 15.7 Å². The minimum absolute atomic E-state index is 0.162. The summed E-state index contributed by atoms with van der Waals surface area (Å²) < 4.78 is 59.5. The normalized spacial score (nSPS) is 15.9. The lowest BCUT2D eigenvalue weighted by Crippen LogP contribution is -2.24. The van der Waals surface area contributed by atoms with Gasteiger partial charge in [-0.3, -0.25) is 9.78 Å². The number of aryl methyl sites for hydroxylation is 1. The summed E-state index contributed by atoms with van der Waals surface area (Å²) in [4.78, 5) is 24.1. The first-order valence-electron chi connectivity index (χ1n) is 11.1. The van der Waals surface area contributed by atoms with E-state index < -0.39 is 17.8 Å². The van der Waals surface area contributed by atoms with Crippen molar-refractivity contribution in [2.45, 2.75) is 38.7 Å². The zero-order valence-corrected chi connectivity index (χ0v) is 20.0. The average molecular weight is 525 g/mol. The van der Waals surface area contributed by atoms with Crippen LogP contribution in [0.25, 0.3) is 0 Å². The highest BCUT2D eigenvalue weighted by molar-refractivity contribution is 7.10. The quantitative estimate of drug-likeness (QED) is 0.388. The van der Waals surface area contributed by atoms with Crippen LogP contribution in [0.2, 0.25) is 0 Å². The predicted octanol–water partition coefficient (Wildman–Crippen LogP) is 4.57. The number of aromatic nitrogens is 4. The summed E-state index contributed by atoms with van der Waals surface area (Å²) in [5, 5.41) is 5.63. The number of nitrogens with zero attached hydrogens (tertiary/aromatic N) is 4. The predicted molar refractivity (Wildman–Crippen MR) is 124 cm³/mol. The standard InChI is InChI=1S/C22H23F3N6O4S/c1-13-19(21(36-31-13)30-16-12-26-11-15(29-16)22(23,24)25)20(32)28-14-5-6-17(27-10-14)33-8-9-35-18-4-2-3-7-34-18/h5-6,10-12,18H,2-4,7-9H2,1H3,(H,28,32)(H,29,30). The van der Waals surface area contributed by atoms with E-state index in [1.165, 1.54) is 6.20 Å². The minimum atomic E-state index is -4.64. The van der Waals surface area contributed by atoms with Gasteiger partial charge in [0.2, 0.25) is 5.88 Å². The lowest BCUT2D eigenvalue weighted by Gasteiger charge is -2.22. The van der Waals surface area contributed by atoms with Gasteiger partial charge in [-0.2, -0.15) is 17.5 Å². The first-order chi connectivity index (χ1) is 17.3. The molecule has 36 heavy (non-hydrogen) atoms. The summed E-state index contributed by atoms with van der Waals surface area (Å²) in [6, 6.07) is 3.22. The van der Waals surface area contributed by atoms with Gasteiger partial charge < -0.3 is 24.8 Å². The van der Waals surface area contributed by atoms with Gasteiger partial charge in [-0.05, 0) is 43.8 Å². The highest BCUT2D eigenvalue weighted by Crippen LogP contribution is 2.31. The van der Waals surface area contributed by atoms with Crippen LogP contribution in [0.5, 0.6) is 5.88 Å². The van der Waals surface area contributed by atoms with E-state index in [9.17, 15) is 18.0 Å². The van der Waals surface area contributed by atoms with E-state index in [1.54, 1.807) is 19.1 Å². The van der Waals surface area contributed by atoms with Gasteiger partial charge in [0.05, 0.1) is 42.1 Å². The molecule has 1 amide bonds. The molecule has 3 aromatic heterocycles. The molecule has 0 aliphatic carbocycles. The number of carbonyl (C=O) groups excluding carboxylic acids is 1. The molecule has 1 fully saturated rings. The van der Waals surface area contributed by atoms with Crippen molar-refractivity contribution in [3.63, 3.8) is 0 Å². The number of anilines is 3. The fourth-order valence-corrected chi connectivity index (χ4v) is 4.10. The van der Waals surface area contributed by atoms with Crippen LogP contribution in [0.3, 0.4) is 0 Å². The highest BCUT2D eigenvalue weighted by atomic mass is 32.1. The molecule has 0 spiro atoms. The number of pyridine rings is 1. The third kappa shape index (κ3) is 6.86. The van der Waals surface area contributed by atoms with Crippen LogP contribution < -0.4 is 15.4 Å². The molecule has 3 aromatic rings. The fourth-order valence-electron chi connectivity index (χ4n) is 3.30. The first kappa shape index (κ1) is 25.7. The minimum Gasteiger partial charge on any atom is -0.475 e. The van der Waals surface area contributed by atoms with Crippen molar-refractivity contribution in [1.29, 1.82) is 0 Å². The Balaban J connectivity index is 1.33. The largest absolute Gasteiger partial charge is 0.475 e. The highest BCUT2D eigenvalue weighted by Gasteiger charge is 2.33. The molecule has 0 bridgehead atoms. The molecule has 10 nitrogen and oxygen atoms in total. The number of amides is 1. The maximum Gasteiger partial charge on any atom is 0.434 e. The van der Waals surface area contributed by atoms with Crippen LogP contribution in [0.4, 0.5) is 29.7 Å². The van der Waals surface area contributed by atoms with E-state index in [1.807, 2.05) is 0 Å². The topological polar surface area (TPSA) is 120 Å². The van der Waals surface area contributed by atoms with Crippen LogP contribution in [0, 0.1) is 6.92 Å². The van der Waals surface area contributed by atoms with Crippen molar-refractivity contribution in [3.05, 3.63) is 47.7 Å². The Labute approximate surface area is 208 Å². The molecule has 1 atom stereocenters. The second-order valence-electron chi connectivity index (χ2n) is 7.74. The fraction of sp³-hybridized carbons (Fsp3) is 0.409. The Morgan fingerprint density at radius 1 is 1.22 bits per heavy atom. The number of nitrogens with one attached hydrogen (secondary N) is 2. The Morgan fingerprint density at radius 2 is 2.08 bits per heavy atom. The molecule has 0 saturated carbocycles. The van der Waals surface area contributed by atoms with Gasteiger partial charge in [-0.15, -0.1) is 0 Å². The average Bonchev–Trinajstić information content (AvgIpc) is 3.23. The van der Waals surface area contributed by atoms with Crippen molar-refractivity contribution < 1.29 is 32.2 Å². The first-order valence-corrected chi connectivity index (χ1v) is 11.8. The van der Waals surface area contributed by atoms with Crippen molar-refractivity contribution in [3.8, 4) is 5.88 Å². The molecule has 0 aromatic carbocycles. The molecular formula is C22H23F3N6O4S. The van der Waals surface area contributed by atoms with Crippen LogP contribution in [0.15, 0.2) is 30.7 Å². The molecule has 1 aliphatic rings.